The molecule has 0 bridgehead atoms. The lowest BCUT2D eigenvalue weighted by Gasteiger charge is -2.36. The summed E-state index contributed by atoms with van der Waals surface area (Å²) in [5.41, 5.74) is 1.55. The van der Waals surface area contributed by atoms with Crippen molar-refractivity contribution < 1.29 is 18.8 Å². The second-order valence-electron chi connectivity index (χ2n) is 8.77. The molecule has 1 aromatic heterocycles. The third-order valence-corrected chi connectivity index (χ3v) is 7.95. The van der Waals surface area contributed by atoms with E-state index in [-0.39, 0.29) is 17.6 Å². The third-order valence-electron chi connectivity index (χ3n) is 6.04. The molecule has 37 heavy (non-hydrogen) atoms. The molecule has 1 atom stereocenters. The second kappa shape index (κ2) is 12.1. The van der Waals surface area contributed by atoms with Crippen molar-refractivity contribution in [3.63, 3.8) is 0 Å². The smallest absolute Gasteiger partial charge is 0.316 e. The van der Waals surface area contributed by atoms with E-state index in [9.17, 15) is 9.35 Å². The summed E-state index contributed by atoms with van der Waals surface area (Å²) in [4.78, 5) is 15.7. The summed E-state index contributed by atoms with van der Waals surface area (Å²) in [6.45, 7) is 6.43. The van der Waals surface area contributed by atoms with E-state index in [0.717, 1.165) is 5.56 Å². The van der Waals surface area contributed by atoms with Gasteiger partial charge in [0.1, 0.15) is 17.5 Å². The SMILES string of the molecule is COc1ccc(COc2c(N3CCN([S@+]([O-])C(C)C)CC3)cnn(-c3cccc(Cl)c3)c2=O)cc1OC. The number of piperazine rings is 1. The van der Waals surface area contributed by atoms with Crippen molar-refractivity contribution in [2.75, 3.05) is 45.3 Å². The van der Waals surface area contributed by atoms with Crippen LogP contribution in [0.15, 0.2) is 53.5 Å². The maximum atomic E-state index is 13.7. The summed E-state index contributed by atoms with van der Waals surface area (Å²) in [5.74, 6) is 1.36. The van der Waals surface area contributed by atoms with Crippen LogP contribution in [0.3, 0.4) is 0 Å². The van der Waals surface area contributed by atoms with E-state index in [1.54, 1.807) is 50.7 Å². The molecule has 0 aliphatic carbocycles. The van der Waals surface area contributed by atoms with Gasteiger partial charge in [-0.05, 0) is 49.7 Å². The predicted molar refractivity (Wildman–Crippen MR) is 146 cm³/mol. The van der Waals surface area contributed by atoms with E-state index >= 15 is 0 Å². The first-order valence-corrected chi connectivity index (χ1v) is 13.5. The first kappa shape index (κ1) is 27.1. The largest absolute Gasteiger partial charge is 0.598 e. The number of nitrogens with zero attached hydrogens (tertiary/aromatic N) is 4. The van der Waals surface area contributed by atoms with Gasteiger partial charge in [0.15, 0.2) is 11.5 Å². The monoisotopic (exact) mass is 546 g/mol. The van der Waals surface area contributed by atoms with Crippen LogP contribution < -0.4 is 24.7 Å². The van der Waals surface area contributed by atoms with Gasteiger partial charge in [-0.2, -0.15) is 9.78 Å². The van der Waals surface area contributed by atoms with Gasteiger partial charge < -0.3 is 23.7 Å². The summed E-state index contributed by atoms with van der Waals surface area (Å²) in [6, 6.07) is 12.4. The minimum Gasteiger partial charge on any atom is -0.598 e. The van der Waals surface area contributed by atoms with Gasteiger partial charge in [-0.15, -0.1) is 4.31 Å². The van der Waals surface area contributed by atoms with Gasteiger partial charge in [0, 0.05) is 29.5 Å². The molecule has 0 N–H and O–H groups in total. The number of anilines is 1. The Hall–Kier alpha value is -2.92. The molecule has 2 aromatic carbocycles. The molecule has 3 aromatic rings. The normalized spacial score (nSPS) is 15.1. The van der Waals surface area contributed by atoms with Gasteiger partial charge in [-0.25, -0.2) is 0 Å². The molecule has 9 nitrogen and oxygen atoms in total. The molecule has 0 unspecified atom stereocenters. The summed E-state index contributed by atoms with van der Waals surface area (Å²) >= 11 is 5.12. The molecular weight excluding hydrogens is 516 g/mol. The first-order chi connectivity index (χ1) is 17.8. The molecule has 1 fully saturated rings. The fraction of sp³-hybridized carbons (Fsp3) is 0.385. The van der Waals surface area contributed by atoms with Crippen molar-refractivity contribution in [3.8, 4) is 22.9 Å². The van der Waals surface area contributed by atoms with Crippen LogP contribution in [-0.4, -0.2) is 64.3 Å². The Morgan fingerprint density at radius 3 is 2.43 bits per heavy atom. The molecule has 2 heterocycles. The summed E-state index contributed by atoms with van der Waals surface area (Å²) < 4.78 is 32.7. The summed E-state index contributed by atoms with van der Waals surface area (Å²) in [7, 11) is 3.14. The zero-order valence-corrected chi connectivity index (χ0v) is 22.9. The predicted octanol–water partition coefficient (Wildman–Crippen LogP) is 3.68. The number of aromatic nitrogens is 2. The number of rotatable bonds is 9. The molecule has 0 amide bonds. The Balaban J connectivity index is 1.65. The van der Waals surface area contributed by atoms with Crippen molar-refractivity contribution in [2.45, 2.75) is 25.7 Å². The van der Waals surface area contributed by atoms with Crippen LogP contribution in [0.2, 0.25) is 5.02 Å². The van der Waals surface area contributed by atoms with Crippen LogP contribution in [0.4, 0.5) is 5.69 Å². The highest BCUT2D eigenvalue weighted by molar-refractivity contribution is 7.89. The number of hydrogen-bond donors (Lipinski definition) is 0. The maximum absolute atomic E-state index is 13.7. The molecule has 0 radical (unpaired) electrons. The van der Waals surface area contributed by atoms with Crippen LogP contribution in [0, 0.1) is 0 Å². The Kier molecular flexibility index (Phi) is 8.86. The lowest BCUT2D eigenvalue weighted by Crippen LogP contribution is -2.50. The Morgan fingerprint density at radius 2 is 1.78 bits per heavy atom. The highest BCUT2D eigenvalue weighted by atomic mass is 35.5. The number of methoxy groups -OCH3 is 2. The van der Waals surface area contributed by atoms with Gasteiger partial charge in [0.05, 0.1) is 39.2 Å². The van der Waals surface area contributed by atoms with Gasteiger partial charge in [-0.1, -0.05) is 23.7 Å². The molecule has 0 saturated carbocycles. The van der Waals surface area contributed by atoms with Crippen LogP contribution in [0.25, 0.3) is 5.69 Å². The van der Waals surface area contributed by atoms with Gasteiger partial charge in [0.25, 0.3) is 0 Å². The zero-order valence-electron chi connectivity index (χ0n) is 21.3. The Morgan fingerprint density at radius 1 is 1.05 bits per heavy atom. The average Bonchev–Trinajstić information content (AvgIpc) is 2.91. The fourth-order valence-electron chi connectivity index (χ4n) is 4.11. The molecule has 0 spiro atoms. The second-order valence-corrected chi connectivity index (χ2v) is 11.2. The van der Waals surface area contributed by atoms with E-state index in [1.165, 1.54) is 4.68 Å². The standard InChI is InChI=1S/C26H31ClN4O5S/c1-18(2)37(33)30-12-10-29(11-13-30)22-16-28-31(21-7-5-6-20(27)15-21)26(32)25(22)36-17-19-8-9-23(34-3)24(14-19)35-4/h5-9,14-16,18H,10-13,17H2,1-4H3/t37-/m1/s1. The topological polar surface area (TPSA) is 92.1 Å². The summed E-state index contributed by atoms with van der Waals surface area (Å²) in [5, 5.41) is 4.98. The Labute approximate surface area is 224 Å². The van der Waals surface area contributed by atoms with E-state index in [2.05, 4.69) is 10.00 Å². The van der Waals surface area contributed by atoms with Crippen molar-refractivity contribution in [2.24, 2.45) is 0 Å². The third kappa shape index (κ3) is 6.15. The summed E-state index contributed by atoms with van der Waals surface area (Å²) in [6.07, 6.45) is 1.64. The van der Waals surface area contributed by atoms with Crippen molar-refractivity contribution in [3.05, 3.63) is 69.6 Å². The van der Waals surface area contributed by atoms with Gasteiger partial charge in [-0.3, -0.25) is 4.79 Å². The van der Waals surface area contributed by atoms with E-state index in [4.69, 9.17) is 25.8 Å². The zero-order chi connectivity index (χ0) is 26.5. The molecular formula is C26H31ClN4O5S. The van der Waals surface area contributed by atoms with Gasteiger partial charge in [0.2, 0.25) is 5.75 Å². The minimum absolute atomic E-state index is 0.0511. The molecule has 11 heteroatoms. The molecule has 1 saturated heterocycles. The van der Waals surface area contributed by atoms with Crippen LogP contribution in [0.1, 0.15) is 19.4 Å². The van der Waals surface area contributed by atoms with Crippen LogP contribution >= 0.6 is 11.6 Å². The maximum Gasteiger partial charge on any atom is 0.316 e. The molecule has 1 aliphatic rings. The molecule has 198 valence electrons. The number of ether oxygens (including phenoxy) is 3. The minimum atomic E-state index is -1.05. The lowest BCUT2D eigenvalue weighted by molar-refractivity contribution is 0.295. The lowest BCUT2D eigenvalue weighted by atomic mass is 10.2. The van der Waals surface area contributed by atoms with Crippen molar-refractivity contribution >= 4 is 28.7 Å². The van der Waals surface area contributed by atoms with E-state index < -0.39 is 16.9 Å². The highest BCUT2D eigenvalue weighted by Gasteiger charge is 2.30. The van der Waals surface area contributed by atoms with E-state index in [1.807, 2.05) is 30.3 Å². The number of benzene rings is 2. The van der Waals surface area contributed by atoms with E-state index in [0.29, 0.717) is 54.1 Å². The van der Waals surface area contributed by atoms with Crippen LogP contribution in [-0.2, 0) is 18.0 Å². The van der Waals surface area contributed by atoms with Crippen LogP contribution in [0.5, 0.6) is 17.2 Å². The number of halogens is 1. The Bertz CT molecular complexity index is 1280. The van der Waals surface area contributed by atoms with Crippen molar-refractivity contribution in [1.29, 1.82) is 0 Å². The highest BCUT2D eigenvalue weighted by Crippen LogP contribution is 2.30. The average molecular weight is 547 g/mol. The molecule has 4 rings (SSSR count). The number of hydrogen-bond acceptors (Lipinski definition) is 8. The quantitative estimate of drug-likeness (QED) is 0.375. The van der Waals surface area contributed by atoms with Crippen molar-refractivity contribution in [1.82, 2.24) is 14.1 Å². The molecule has 1 aliphatic heterocycles. The first-order valence-electron chi connectivity index (χ1n) is 11.9. The fourth-order valence-corrected chi connectivity index (χ4v) is 5.42. The van der Waals surface area contributed by atoms with Gasteiger partial charge >= 0.3 is 5.56 Å².